The molecule has 118 valence electrons. The van der Waals surface area contributed by atoms with E-state index in [2.05, 4.69) is 15.5 Å². The molecule has 1 aromatic carbocycles. The molecule has 0 bridgehead atoms. The predicted molar refractivity (Wildman–Crippen MR) is 81.9 cm³/mol. The predicted octanol–water partition coefficient (Wildman–Crippen LogP) is 2.79. The van der Waals surface area contributed by atoms with Gasteiger partial charge in [-0.1, -0.05) is 12.8 Å². The van der Waals surface area contributed by atoms with E-state index in [1.54, 1.807) is 14.2 Å². The van der Waals surface area contributed by atoms with Gasteiger partial charge in [-0.15, -0.1) is 10.2 Å². The molecule has 22 heavy (non-hydrogen) atoms. The van der Waals surface area contributed by atoms with Crippen molar-refractivity contribution in [2.45, 2.75) is 38.3 Å². The third-order valence-electron chi connectivity index (χ3n) is 3.99. The minimum atomic E-state index is 0.490. The standard InChI is InChI=1S/C16H21N3O3/c1-20-13-8-7-11(9-14(13)21-2)16-19-18-15(22-16)10-17-12-5-3-4-6-12/h7-9,12,17H,3-6,10H2,1-2H3. The molecule has 1 aromatic heterocycles. The van der Waals surface area contributed by atoms with E-state index in [0.29, 0.717) is 35.9 Å². The molecule has 0 radical (unpaired) electrons. The fraction of sp³-hybridized carbons (Fsp3) is 0.500. The topological polar surface area (TPSA) is 69.4 Å². The van der Waals surface area contributed by atoms with Crippen LogP contribution in [-0.4, -0.2) is 30.5 Å². The molecule has 1 saturated carbocycles. The summed E-state index contributed by atoms with van der Waals surface area (Å²) in [5.74, 6) is 2.42. The van der Waals surface area contributed by atoms with Gasteiger partial charge < -0.3 is 19.2 Å². The molecule has 1 N–H and O–H groups in total. The Labute approximate surface area is 129 Å². The Hall–Kier alpha value is -2.08. The van der Waals surface area contributed by atoms with Crippen LogP contribution in [0.15, 0.2) is 22.6 Å². The maximum atomic E-state index is 5.72. The molecule has 1 aliphatic rings. The molecule has 6 nitrogen and oxygen atoms in total. The Morgan fingerprint density at radius 3 is 2.64 bits per heavy atom. The fourth-order valence-electron chi connectivity index (χ4n) is 2.77. The van der Waals surface area contributed by atoms with Crippen molar-refractivity contribution in [3.8, 4) is 23.0 Å². The summed E-state index contributed by atoms with van der Waals surface area (Å²) in [5.41, 5.74) is 0.817. The summed E-state index contributed by atoms with van der Waals surface area (Å²) >= 11 is 0. The van der Waals surface area contributed by atoms with Crippen LogP contribution in [-0.2, 0) is 6.54 Å². The maximum Gasteiger partial charge on any atom is 0.247 e. The number of nitrogens with one attached hydrogen (secondary N) is 1. The Balaban J connectivity index is 1.70. The lowest BCUT2D eigenvalue weighted by atomic mass is 10.2. The van der Waals surface area contributed by atoms with Crippen molar-refractivity contribution in [1.82, 2.24) is 15.5 Å². The number of rotatable bonds is 6. The van der Waals surface area contributed by atoms with Crippen LogP contribution in [0.3, 0.4) is 0 Å². The van der Waals surface area contributed by atoms with Crippen molar-refractivity contribution in [2.75, 3.05) is 14.2 Å². The molecule has 0 atom stereocenters. The highest BCUT2D eigenvalue weighted by molar-refractivity contribution is 5.59. The minimum absolute atomic E-state index is 0.490. The third kappa shape index (κ3) is 3.22. The van der Waals surface area contributed by atoms with Crippen LogP contribution in [0.4, 0.5) is 0 Å². The second kappa shape index (κ2) is 6.79. The van der Waals surface area contributed by atoms with E-state index in [1.165, 1.54) is 25.7 Å². The molecule has 0 saturated heterocycles. The monoisotopic (exact) mass is 303 g/mol. The molecule has 0 aliphatic heterocycles. The van der Waals surface area contributed by atoms with Gasteiger partial charge in [-0.05, 0) is 31.0 Å². The summed E-state index contributed by atoms with van der Waals surface area (Å²) in [6.07, 6.45) is 5.07. The van der Waals surface area contributed by atoms with Crippen LogP contribution in [0.25, 0.3) is 11.5 Å². The van der Waals surface area contributed by atoms with Crippen LogP contribution in [0.2, 0.25) is 0 Å². The first-order chi connectivity index (χ1) is 10.8. The van der Waals surface area contributed by atoms with Crippen molar-refractivity contribution < 1.29 is 13.9 Å². The number of methoxy groups -OCH3 is 2. The SMILES string of the molecule is COc1ccc(-c2nnc(CNC3CCCC3)o2)cc1OC. The van der Waals surface area contributed by atoms with Gasteiger partial charge in [-0.2, -0.15) is 0 Å². The van der Waals surface area contributed by atoms with E-state index in [0.717, 1.165) is 5.56 Å². The first-order valence-electron chi connectivity index (χ1n) is 7.58. The first kappa shape index (κ1) is 14.8. The smallest absolute Gasteiger partial charge is 0.247 e. The third-order valence-corrected chi connectivity index (χ3v) is 3.99. The molecule has 6 heteroatoms. The van der Waals surface area contributed by atoms with Gasteiger partial charge in [0.15, 0.2) is 11.5 Å². The maximum absolute atomic E-state index is 5.72. The quantitative estimate of drug-likeness (QED) is 0.885. The summed E-state index contributed by atoms with van der Waals surface area (Å²) in [6.45, 7) is 0.616. The molecular weight excluding hydrogens is 282 g/mol. The zero-order valence-corrected chi connectivity index (χ0v) is 13.0. The Morgan fingerprint density at radius 2 is 1.91 bits per heavy atom. The molecule has 3 rings (SSSR count). The number of benzene rings is 1. The van der Waals surface area contributed by atoms with Crippen molar-refractivity contribution in [2.24, 2.45) is 0 Å². The van der Waals surface area contributed by atoms with Gasteiger partial charge in [0.25, 0.3) is 0 Å². The number of hydrogen-bond donors (Lipinski definition) is 1. The van der Waals surface area contributed by atoms with E-state index in [4.69, 9.17) is 13.9 Å². The van der Waals surface area contributed by atoms with Gasteiger partial charge in [-0.25, -0.2) is 0 Å². The van der Waals surface area contributed by atoms with Crippen molar-refractivity contribution >= 4 is 0 Å². The summed E-state index contributed by atoms with van der Waals surface area (Å²) in [5, 5.41) is 11.7. The van der Waals surface area contributed by atoms with Gasteiger partial charge in [0.2, 0.25) is 11.8 Å². The number of ether oxygens (including phenoxy) is 2. The number of aromatic nitrogens is 2. The average molecular weight is 303 g/mol. The molecular formula is C16H21N3O3. The Morgan fingerprint density at radius 1 is 1.14 bits per heavy atom. The van der Waals surface area contributed by atoms with E-state index in [1.807, 2.05) is 18.2 Å². The highest BCUT2D eigenvalue weighted by atomic mass is 16.5. The Bertz CT molecular complexity index is 621. The van der Waals surface area contributed by atoms with Crippen LogP contribution in [0, 0.1) is 0 Å². The van der Waals surface area contributed by atoms with E-state index < -0.39 is 0 Å². The zero-order chi connectivity index (χ0) is 15.4. The van der Waals surface area contributed by atoms with Crippen LogP contribution in [0.5, 0.6) is 11.5 Å². The zero-order valence-electron chi connectivity index (χ0n) is 13.0. The first-order valence-corrected chi connectivity index (χ1v) is 7.58. The highest BCUT2D eigenvalue weighted by Crippen LogP contribution is 2.31. The largest absolute Gasteiger partial charge is 0.493 e. The lowest BCUT2D eigenvalue weighted by Crippen LogP contribution is -2.25. The molecule has 2 aromatic rings. The second-order valence-corrected chi connectivity index (χ2v) is 5.43. The molecule has 0 amide bonds. The van der Waals surface area contributed by atoms with Crippen molar-refractivity contribution in [3.05, 3.63) is 24.1 Å². The van der Waals surface area contributed by atoms with Crippen LogP contribution >= 0.6 is 0 Å². The van der Waals surface area contributed by atoms with Gasteiger partial charge >= 0.3 is 0 Å². The summed E-state index contributed by atoms with van der Waals surface area (Å²) in [7, 11) is 3.21. The molecule has 1 aliphatic carbocycles. The minimum Gasteiger partial charge on any atom is -0.493 e. The number of nitrogens with zero attached hydrogens (tertiary/aromatic N) is 2. The Kier molecular flexibility index (Phi) is 4.58. The average Bonchev–Trinajstić information content (AvgIpc) is 3.23. The lowest BCUT2D eigenvalue weighted by Gasteiger charge is -2.08. The summed E-state index contributed by atoms with van der Waals surface area (Å²) in [6, 6.07) is 6.12. The fourth-order valence-corrected chi connectivity index (χ4v) is 2.77. The summed E-state index contributed by atoms with van der Waals surface area (Å²) < 4.78 is 16.2. The normalized spacial score (nSPS) is 15.2. The lowest BCUT2D eigenvalue weighted by molar-refractivity contribution is 0.355. The van der Waals surface area contributed by atoms with Gasteiger partial charge in [0.05, 0.1) is 20.8 Å². The molecule has 0 spiro atoms. The van der Waals surface area contributed by atoms with Crippen LogP contribution in [0.1, 0.15) is 31.6 Å². The molecule has 1 heterocycles. The van der Waals surface area contributed by atoms with Crippen molar-refractivity contribution in [3.63, 3.8) is 0 Å². The van der Waals surface area contributed by atoms with Gasteiger partial charge in [0.1, 0.15) is 0 Å². The highest BCUT2D eigenvalue weighted by Gasteiger charge is 2.16. The molecule has 0 unspecified atom stereocenters. The second-order valence-electron chi connectivity index (χ2n) is 5.43. The van der Waals surface area contributed by atoms with E-state index in [-0.39, 0.29) is 0 Å². The van der Waals surface area contributed by atoms with E-state index in [9.17, 15) is 0 Å². The molecule has 1 fully saturated rings. The summed E-state index contributed by atoms with van der Waals surface area (Å²) in [4.78, 5) is 0. The van der Waals surface area contributed by atoms with Gasteiger partial charge in [-0.3, -0.25) is 0 Å². The van der Waals surface area contributed by atoms with Gasteiger partial charge in [0, 0.05) is 11.6 Å². The van der Waals surface area contributed by atoms with Crippen LogP contribution < -0.4 is 14.8 Å². The van der Waals surface area contributed by atoms with E-state index >= 15 is 0 Å². The number of hydrogen-bond acceptors (Lipinski definition) is 6. The van der Waals surface area contributed by atoms with Crippen molar-refractivity contribution in [1.29, 1.82) is 0 Å².